The van der Waals surface area contributed by atoms with E-state index in [1.165, 1.54) is 22.3 Å². The zero-order valence-corrected chi connectivity index (χ0v) is 13.9. The standard InChI is InChI=1S/C22H19N3/c1-2-4-17-13-19(6-5-15(17)3-1)22-24-20-8-7-18(14-21(20)25-22)16-9-11-23-12-10-16/h1-4,7-12,14,19H,5-6,13H2,(H,24,25)/t19-/m0/s1. The quantitative estimate of drug-likeness (QED) is 0.569. The maximum atomic E-state index is 4.88. The van der Waals surface area contributed by atoms with Crippen molar-refractivity contribution in [2.24, 2.45) is 0 Å². The van der Waals surface area contributed by atoms with Crippen molar-refractivity contribution in [1.29, 1.82) is 0 Å². The molecule has 0 spiro atoms. The fraction of sp³-hybridized carbons (Fsp3) is 0.182. The van der Waals surface area contributed by atoms with Crippen molar-refractivity contribution in [3.8, 4) is 11.1 Å². The van der Waals surface area contributed by atoms with Gasteiger partial charge in [0.25, 0.3) is 0 Å². The number of H-pyrrole nitrogens is 1. The number of imidazole rings is 1. The molecule has 0 radical (unpaired) electrons. The lowest BCUT2D eigenvalue weighted by Gasteiger charge is -2.22. The number of aromatic amines is 1. The third-order valence-electron chi connectivity index (χ3n) is 5.25. The van der Waals surface area contributed by atoms with E-state index in [9.17, 15) is 0 Å². The Kier molecular flexibility index (Phi) is 3.37. The normalized spacial score (nSPS) is 16.7. The number of hydrogen-bond donors (Lipinski definition) is 1. The van der Waals surface area contributed by atoms with Crippen LogP contribution < -0.4 is 0 Å². The lowest BCUT2D eigenvalue weighted by molar-refractivity contribution is 0.561. The number of aryl methyl sites for hydroxylation is 1. The van der Waals surface area contributed by atoms with Gasteiger partial charge in [-0.25, -0.2) is 4.98 Å². The summed E-state index contributed by atoms with van der Waals surface area (Å²) < 4.78 is 0. The first-order chi connectivity index (χ1) is 12.4. The molecular weight excluding hydrogens is 306 g/mol. The summed E-state index contributed by atoms with van der Waals surface area (Å²) in [5.74, 6) is 1.60. The number of nitrogens with one attached hydrogen (secondary N) is 1. The van der Waals surface area contributed by atoms with E-state index in [0.717, 1.165) is 36.1 Å². The van der Waals surface area contributed by atoms with Gasteiger partial charge in [0.2, 0.25) is 0 Å². The zero-order chi connectivity index (χ0) is 16.6. The molecule has 0 aliphatic heterocycles. The fourth-order valence-corrected chi connectivity index (χ4v) is 3.88. The Morgan fingerprint density at radius 2 is 1.72 bits per heavy atom. The van der Waals surface area contributed by atoms with Gasteiger partial charge in [0.15, 0.2) is 0 Å². The number of hydrogen-bond acceptors (Lipinski definition) is 2. The molecule has 122 valence electrons. The molecular formula is C22H19N3. The third kappa shape index (κ3) is 2.62. The predicted molar refractivity (Wildman–Crippen MR) is 101 cm³/mol. The summed E-state index contributed by atoms with van der Waals surface area (Å²) in [7, 11) is 0. The van der Waals surface area contributed by atoms with Gasteiger partial charge in [-0.3, -0.25) is 4.98 Å². The highest BCUT2D eigenvalue weighted by molar-refractivity contribution is 5.82. The van der Waals surface area contributed by atoms with Gasteiger partial charge in [-0.2, -0.15) is 0 Å². The fourth-order valence-electron chi connectivity index (χ4n) is 3.88. The molecule has 2 heterocycles. The number of nitrogens with zero attached hydrogens (tertiary/aromatic N) is 2. The first-order valence-corrected chi connectivity index (χ1v) is 8.84. The second-order valence-corrected chi connectivity index (χ2v) is 6.80. The SMILES string of the molecule is c1ccc2c(c1)CC[C@H](c1nc3ccc(-c4ccncc4)cc3[nH]1)C2. The van der Waals surface area contributed by atoms with Gasteiger partial charge in [0.05, 0.1) is 11.0 Å². The van der Waals surface area contributed by atoms with Crippen LogP contribution in [0.3, 0.4) is 0 Å². The highest BCUT2D eigenvalue weighted by atomic mass is 14.9. The van der Waals surface area contributed by atoms with E-state index in [4.69, 9.17) is 4.98 Å². The van der Waals surface area contributed by atoms with Gasteiger partial charge < -0.3 is 4.98 Å². The largest absolute Gasteiger partial charge is 0.342 e. The average Bonchev–Trinajstić information content (AvgIpc) is 3.11. The Labute approximate surface area is 146 Å². The van der Waals surface area contributed by atoms with E-state index in [1.807, 2.05) is 24.5 Å². The van der Waals surface area contributed by atoms with Crippen LogP contribution >= 0.6 is 0 Å². The summed E-state index contributed by atoms with van der Waals surface area (Å²) in [6, 6.07) is 19.3. The molecule has 5 rings (SSSR count). The van der Waals surface area contributed by atoms with Crippen LogP contribution in [0.1, 0.15) is 29.3 Å². The summed E-state index contributed by atoms with van der Waals surface area (Å²) in [6.07, 6.45) is 7.04. The van der Waals surface area contributed by atoms with Crippen LogP contribution in [0.2, 0.25) is 0 Å². The van der Waals surface area contributed by atoms with Crippen LogP contribution in [0.5, 0.6) is 0 Å². The van der Waals surface area contributed by atoms with Crippen molar-refractivity contribution in [2.75, 3.05) is 0 Å². The van der Waals surface area contributed by atoms with E-state index in [2.05, 4.69) is 52.4 Å². The molecule has 2 aromatic heterocycles. The Hall–Kier alpha value is -2.94. The Balaban J connectivity index is 1.49. The molecule has 0 fully saturated rings. The smallest absolute Gasteiger partial charge is 0.110 e. The number of pyridine rings is 1. The van der Waals surface area contributed by atoms with Crippen molar-refractivity contribution < 1.29 is 0 Å². The number of rotatable bonds is 2. The van der Waals surface area contributed by atoms with Gasteiger partial charge in [0, 0.05) is 18.3 Å². The highest BCUT2D eigenvalue weighted by Gasteiger charge is 2.22. The molecule has 0 unspecified atom stereocenters. The summed E-state index contributed by atoms with van der Waals surface area (Å²) in [4.78, 5) is 12.6. The molecule has 0 saturated heterocycles. The molecule has 1 aliphatic rings. The minimum Gasteiger partial charge on any atom is -0.342 e. The van der Waals surface area contributed by atoms with Gasteiger partial charge in [-0.15, -0.1) is 0 Å². The van der Waals surface area contributed by atoms with Crippen LogP contribution in [0.15, 0.2) is 67.0 Å². The number of fused-ring (bicyclic) bond motifs is 2. The minimum absolute atomic E-state index is 0.478. The Morgan fingerprint density at radius 1 is 0.880 bits per heavy atom. The van der Waals surface area contributed by atoms with E-state index in [1.54, 1.807) is 0 Å². The highest BCUT2D eigenvalue weighted by Crippen LogP contribution is 2.32. The molecule has 3 nitrogen and oxygen atoms in total. The van der Waals surface area contributed by atoms with E-state index in [0.29, 0.717) is 5.92 Å². The number of benzene rings is 2. The minimum atomic E-state index is 0.478. The topological polar surface area (TPSA) is 41.6 Å². The van der Waals surface area contributed by atoms with Gasteiger partial charge >= 0.3 is 0 Å². The second kappa shape index (κ2) is 5.85. The van der Waals surface area contributed by atoms with Gasteiger partial charge in [-0.1, -0.05) is 30.3 Å². The maximum absolute atomic E-state index is 4.88. The molecule has 4 aromatic rings. The average molecular weight is 325 g/mol. The van der Waals surface area contributed by atoms with E-state index >= 15 is 0 Å². The second-order valence-electron chi connectivity index (χ2n) is 6.80. The third-order valence-corrected chi connectivity index (χ3v) is 5.25. The van der Waals surface area contributed by atoms with Crippen molar-refractivity contribution in [3.63, 3.8) is 0 Å². The lowest BCUT2D eigenvalue weighted by Crippen LogP contribution is -2.13. The van der Waals surface area contributed by atoms with Crippen molar-refractivity contribution in [3.05, 3.63) is 83.9 Å². The summed E-state index contributed by atoms with van der Waals surface area (Å²) in [6.45, 7) is 0. The van der Waals surface area contributed by atoms with Crippen LogP contribution in [-0.4, -0.2) is 15.0 Å². The monoisotopic (exact) mass is 325 g/mol. The molecule has 1 atom stereocenters. The van der Waals surface area contributed by atoms with E-state index < -0.39 is 0 Å². The Bertz CT molecular complexity index is 1030. The first kappa shape index (κ1) is 14.4. The Morgan fingerprint density at radius 3 is 2.60 bits per heavy atom. The predicted octanol–water partition coefficient (Wildman–Crippen LogP) is 4.90. The van der Waals surface area contributed by atoms with Crippen LogP contribution in [0.25, 0.3) is 22.2 Å². The van der Waals surface area contributed by atoms with Gasteiger partial charge in [0.1, 0.15) is 5.82 Å². The van der Waals surface area contributed by atoms with Crippen molar-refractivity contribution in [2.45, 2.75) is 25.2 Å². The molecule has 3 heteroatoms. The summed E-state index contributed by atoms with van der Waals surface area (Å²) in [5, 5.41) is 0. The summed E-state index contributed by atoms with van der Waals surface area (Å²) in [5.41, 5.74) is 7.50. The van der Waals surface area contributed by atoms with Crippen molar-refractivity contribution >= 4 is 11.0 Å². The van der Waals surface area contributed by atoms with Crippen molar-refractivity contribution in [1.82, 2.24) is 15.0 Å². The van der Waals surface area contributed by atoms with Crippen LogP contribution in [0, 0.1) is 0 Å². The molecule has 0 amide bonds. The molecule has 25 heavy (non-hydrogen) atoms. The van der Waals surface area contributed by atoms with Crippen LogP contribution in [0.4, 0.5) is 0 Å². The summed E-state index contributed by atoms with van der Waals surface area (Å²) >= 11 is 0. The molecule has 1 N–H and O–H groups in total. The molecule has 0 bridgehead atoms. The molecule has 2 aromatic carbocycles. The lowest BCUT2D eigenvalue weighted by atomic mass is 9.83. The number of aromatic nitrogens is 3. The maximum Gasteiger partial charge on any atom is 0.110 e. The zero-order valence-electron chi connectivity index (χ0n) is 13.9. The molecule has 1 aliphatic carbocycles. The molecule has 0 saturated carbocycles. The van der Waals surface area contributed by atoms with E-state index in [-0.39, 0.29) is 0 Å². The first-order valence-electron chi connectivity index (χ1n) is 8.84. The van der Waals surface area contributed by atoms with Gasteiger partial charge in [-0.05, 0) is 65.8 Å². The van der Waals surface area contributed by atoms with Crippen LogP contribution in [-0.2, 0) is 12.8 Å².